The number of alkyl halides is 3. The van der Waals surface area contributed by atoms with Crippen molar-refractivity contribution in [3.8, 4) is 0 Å². The molecule has 0 spiro atoms. The van der Waals surface area contributed by atoms with E-state index < -0.39 is 11.7 Å². The minimum Gasteiger partial charge on any atom is -0.376 e. The molecule has 1 fully saturated rings. The summed E-state index contributed by atoms with van der Waals surface area (Å²) in [6.45, 7) is 7.35. The molecule has 1 unspecified atom stereocenters. The molecular weight excluding hydrogens is 353 g/mol. The third-order valence-corrected chi connectivity index (χ3v) is 5.38. The maximum Gasteiger partial charge on any atom is 0.416 e. The monoisotopic (exact) mass is 386 g/mol. The van der Waals surface area contributed by atoms with Gasteiger partial charge in [0.05, 0.1) is 11.2 Å². The Balaban J connectivity index is 2.14. The van der Waals surface area contributed by atoms with Crippen molar-refractivity contribution in [3.63, 3.8) is 0 Å². The van der Waals surface area contributed by atoms with E-state index in [1.165, 1.54) is 12.1 Å². The zero-order chi connectivity index (χ0) is 20.1. The molecule has 0 aliphatic carbocycles. The van der Waals surface area contributed by atoms with Crippen LogP contribution in [0.3, 0.4) is 0 Å². The summed E-state index contributed by atoms with van der Waals surface area (Å²) in [6.07, 6.45) is -0.985. The zero-order valence-electron chi connectivity index (χ0n) is 17.0. The van der Waals surface area contributed by atoms with Crippen LogP contribution in [0.2, 0.25) is 0 Å². The average molecular weight is 387 g/mol. The van der Waals surface area contributed by atoms with Crippen molar-refractivity contribution < 1.29 is 17.9 Å². The lowest BCUT2D eigenvalue weighted by Crippen LogP contribution is -2.45. The third-order valence-electron chi connectivity index (χ3n) is 5.38. The Morgan fingerprint density at radius 2 is 1.93 bits per heavy atom. The van der Waals surface area contributed by atoms with Crippen molar-refractivity contribution in [2.24, 2.45) is 0 Å². The van der Waals surface area contributed by atoms with Gasteiger partial charge in [-0.1, -0.05) is 18.2 Å². The first-order valence-corrected chi connectivity index (χ1v) is 9.71. The normalized spacial score (nSPS) is 23.0. The molecule has 3 nitrogen and oxygen atoms in total. The van der Waals surface area contributed by atoms with Crippen LogP contribution in [0.25, 0.3) is 0 Å². The number of benzene rings is 1. The van der Waals surface area contributed by atoms with Gasteiger partial charge in [-0.15, -0.1) is 0 Å². The fourth-order valence-corrected chi connectivity index (χ4v) is 4.08. The fourth-order valence-electron chi connectivity index (χ4n) is 4.08. The van der Waals surface area contributed by atoms with E-state index in [1.54, 1.807) is 0 Å². The van der Waals surface area contributed by atoms with E-state index in [4.69, 9.17) is 4.74 Å². The highest BCUT2D eigenvalue weighted by atomic mass is 19.4. The molecule has 0 amide bonds. The minimum atomic E-state index is -4.32. The van der Waals surface area contributed by atoms with Crippen LogP contribution in [0, 0.1) is 0 Å². The van der Waals surface area contributed by atoms with Crippen LogP contribution in [-0.4, -0.2) is 50.8 Å². The first kappa shape index (κ1) is 22.2. The molecule has 0 saturated carbocycles. The summed E-state index contributed by atoms with van der Waals surface area (Å²) in [5.41, 5.74) is -0.416. The molecule has 1 aliphatic heterocycles. The third kappa shape index (κ3) is 6.47. The molecule has 1 saturated heterocycles. The van der Waals surface area contributed by atoms with E-state index in [9.17, 15) is 13.2 Å². The van der Waals surface area contributed by atoms with Gasteiger partial charge in [-0.25, -0.2) is 0 Å². The van der Waals surface area contributed by atoms with Crippen LogP contribution in [0.4, 0.5) is 13.2 Å². The van der Waals surface area contributed by atoms with Crippen LogP contribution in [-0.2, 0) is 16.3 Å². The number of nitrogens with zero attached hydrogens (tertiary/aromatic N) is 1. The molecule has 1 aromatic carbocycles. The SMILES string of the molecule is CN(C)CCCNCCC1(c2cccc(C(F)(F)F)c2)CCOC(C)(C)C1. The van der Waals surface area contributed by atoms with E-state index in [0.717, 1.165) is 56.9 Å². The number of nitrogens with one attached hydrogen (secondary N) is 1. The Labute approximate surface area is 161 Å². The van der Waals surface area contributed by atoms with E-state index in [-0.39, 0.29) is 11.0 Å². The standard InChI is InChI=1S/C21H33F3N2O/c1-19(2)16-20(10-14-27-19,9-12-25-11-6-13-26(3)4)17-7-5-8-18(15-17)21(22,23)24/h5,7-8,15,25H,6,9-14,16H2,1-4H3. The van der Waals surface area contributed by atoms with Crippen molar-refractivity contribution in [3.05, 3.63) is 35.4 Å². The molecular formula is C21H33F3N2O. The van der Waals surface area contributed by atoms with Gasteiger partial charge in [-0.3, -0.25) is 0 Å². The average Bonchev–Trinajstić information content (AvgIpc) is 2.56. The van der Waals surface area contributed by atoms with Crippen molar-refractivity contribution in [2.45, 2.75) is 56.7 Å². The van der Waals surface area contributed by atoms with Gasteiger partial charge in [0, 0.05) is 12.0 Å². The number of hydrogen-bond donors (Lipinski definition) is 1. The summed E-state index contributed by atoms with van der Waals surface area (Å²) in [7, 11) is 4.10. The van der Waals surface area contributed by atoms with E-state index in [1.807, 2.05) is 34.0 Å². The Morgan fingerprint density at radius 1 is 1.19 bits per heavy atom. The molecule has 0 aromatic heterocycles. The summed E-state index contributed by atoms with van der Waals surface area (Å²) in [5, 5.41) is 3.47. The quantitative estimate of drug-likeness (QED) is 0.668. The van der Waals surface area contributed by atoms with Crippen molar-refractivity contribution in [1.82, 2.24) is 10.2 Å². The molecule has 1 aliphatic rings. The molecule has 1 N–H and O–H groups in total. The molecule has 154 valence electrons. The Hall–Kier alpha value is -1.11. The van der Waals surface area contributed by atoms with Crippen LogP contribution < -0.4 is 5.32 Å². The van der Waals surface area contributed by atoms with Crippen molar-refractivity contribution in [2.75, 3.05) is 40.3 Å². The second-order valence-corrected chi connectivity index (χ2v) is 8.55. The number of rotatable bonds is 8. The molecule has 0 bridgehead atoms. The van der Waals surface area contributed by atoms with E-state index in [2.05, 4.69) is 10.2 Å². The van der Waals surface area contributed by atoms with E-state index >= 15 is 0 Å². The van der Waals surface area contributed by atoms with Gasteiger partial charge in [-0.2, -0.15) is 13.2 Å². The van der Waals surface area contributed by atoms with E-state index in [0.29, 0.717) is 6.61 Å². The minimum absolute atomic E-state index is 0.294. The van der Waals surface area contributed by atoms with Gasteiger partial charge < -0.3 is 15.0 Å². The smallest absolute Gasteiger partial charge is 0.376 e. The maximum absolute atomic E-state index is 13.2. The first-order valence-electron chi connectivity index (χ1n) is 9.71. The zero-order valence-corrected chi connectivity index (χ0v) is 17.0. The first-order chi connectivity index (χ1) is 12.5. The lowest BCUT2D eigenvalue weighted by atomic mass is 9.67. The van der Waals surface area contributed by atoms with Crippen molar-refractivity contribution in [1.29, 1.82) is 0 Å². The highest BCUT2D eigenvalue weighted by molar-refractivity contribution is 5.33. The number of halogens is 3. The lowest BCUT2D eigenvalue weighted by Gasteiger charge is -2.46. The maximum atomic E-state index is 13.2. The van der Waals surface area contributed by atoms with Gasteiger partial charge >= 0.3 is 6.18 Å². The Morgan fingerprint density at radius 3 is 2.56 bits per heavy atom. The van der Waals surface area contributed by atoms with Gasteiger partial charge in [0.25, 0.3) is 0 Å². The summed E-state index contributed by atoms with van der Waals surface area (Å²) >= 11 is 0. The molecule has 27 heavy (non-hydrogen) atoms. The number of hydrogen-bond acceptors (Lipinski definition) is 3. The van der Waals surface area contributed by atoms with Crippen molar-refractivity contribution >= 4 is 0 Å². The van der Waals surface area contributed by atoms with Crippen LogP contribution >= 0.6 is 0 Å². The van der Waals surface area contributed by atoms with Gasteiger partial charge in [0.2, 0.25) is 0 Å². The topological polar surface area (TPSA) is 24.5 Å². The molecule has 6 heteroatoms. The lowest BCUT2D eigenvalue weighted by molar-refractivity contribution is -0.137. The molecule has 1 atom stereocenters. The van der Waals surface area contributed by atoms with Crippen LogP contribution in [0.15, 0.2) is 24.3 Å². The van der Waals surface area contributed by atoms with Crippen LogP contribution in [0.5, 0.6) is 0 Å². The Kier molecular flexibility index (Phi) is 7.33. The fraction of sp³-hybridized carbons (Fsp3) is 0.714. The summed E-state index contributed by atoms with van der Waals surface area (Å²) in [6, 6.07) is 5.88. The summed E-state index contributed by atoms with van der Waals surface area (Å²) in [4.78, 5) is 2.15. The molecule has 0 radical (unpaired) electrons. The highest BCUT2D eigenvalue weighted by Crippen LogP contribution is 2.45. The number of ether oxygens (including phenoxy) is 1. The Bertz CT molecular complexity index is 601. The van der Waals surface area contributed by atoms with Gasteiger partial charge in [-0.05, 0) is 84.9 Å². The molecule has 2 rings (SSSR count). The predicted molar refractivity (Wildman–Crippen MR) is 103 cm³/mol. The van der Waals surface area contributed by atoms with Gasteiger partial charge in [0.15, 0.2) is 0 Å². The summed E-state index contributed by atoms with van der Waals surface area (Å²) < 4.78 is 45.5. The second kappa shape index (κ2) is 8.93. The second-order valence-electron chi connectivity index (χ2n) is 8.55. The van der Waals surface area contributed by atoms with Gasteiger partial charge in [0.1, 0.15) is 0 Å². The molecule has 1 aromatic rings. The van der Waals surface area contributed by atoms with Crippen LogP contribution in [0.1, 0.15) is 50.7 Å². The summed E-state index contributed by atoms with van der Waals surface area (Å²) in [5.74, 6) is 0. The predicted octanol–water partition coefficient (Wildman–Crippen LogP) is 4.46. The highest BCUT2D eigenvalue weighted by Gasteiger charge is 2.42. The largest absolute Gasteiger partial charge is 0.416 e. The molecule has 1 heterocycles.